The van der Waals surface area contributed by atoms with Gasteiger partial charge < -0.3 is 14.5 Å². The van der Waals surface area contributed by atoms with Gasteiger partial charge in [-0.05, 0) is 24.5 Å². The molecule has 0 saturated carbocycles. The average molecular weight is 239 g/mol. The maximum atomic E-state index is 5.65. The molecular weight excluding hydrogens is 214 g/mol. The van der Waals surface area contributed by atoms with Gasteiger partial charge in [0.15, 0.2) is 0 Å². The number of hydrogen-bond donors (Lipinski definition) is 1. The average Bonchev–Trinajstić information content (AvgIpc) is 2.69. The zero-order chi connectivity index (χ0) is 12.7. The molecule has 1 rings (SSSR count). The summed E-state index contributed by atoms with van der Waals surface area (Å²) >= 11 is 0. The van der Waals surface area contributed by atoms with Crippen LogP contribution in [0, 0.1) is 5.92 Å². The minimum absolute atomic E-state index is 0.478. The molecule has 98 valence electrons. The molecule has 0 aliphatic rings. The van der Waals surface area contributed by atoms with Crippen LogP contribution in [-0.4, -0.2) is 12.6 Å². The van der Waals surface area contributed by atoms with Crippen molar-refractivity contribution in [2.75, 3.05) is 6.61 Å². The lowest BCUT2D eigenvalue weighted by atomic mass is 10.1. The Morgan fingerprint density at radius 3 is 2.53 bits per heavy atom. The first-order chi connectivity index (χ1) is 8.08. The minimum Gasteiger partial charge on any atom is -0.462 e. The Labute approximate surface area is 105 Å². The molecular formula is C14H25NO2. The standard InChI is InChI=1S/C14H25NO2/c1-11(2)7-8-16-10-14-6-5-13(17-14)9-15-12(3)4/h5-6,11-12,15H,7-10H2,1-4H3. The summed E-state index contributed by atoms with van der Waals surface area (Å²) in [6.07, 6.45) is 1.10. The molecule has 1 heterocycles. The highest BCUT2D eigenvalue weighted by atomic mass is 16.5. The SMILES string of the molecule is CC(C)CCOCc1ccc(CNC(C)C)o1. The lowest BCUT2D eigenvalue weighted by Gasteiger charge is -2.06. The molecule has 3 heteroatoms. The van der Waals surface area contributed by atoms with Gasteiger partial charge in [0, 0.05) is 12.6 Å². The van der Waals surface area contributed by atoms with Crippen LogP contribution in [0.15, 0.2) is 16.5 Å². The fourth-order valence-electron chi connectivity index (χ4n) is 1.39. The summed E-state index contributed by atoms with van der Waals surface area (Å²) in [5, 5.41) is 3.32. The highest BCUT2D eigenvalue weighted by Gasteiger charge is 2.03. The topological polar surface area (TPSA) is 34.4 Å². The molecule has 0 fully saturated rings. The van der Waals surface area contributed by atoms with Gasteiger partial charge in [-0.1, -0.05) is 27.7 Å². The van der Waals surface area contributed by atoms with Crippen LogP contribution in [0.3, 0.4) is 0 Å². The van der Waals surface area contributed by atoms with Gasteiger partial charge >= 0.3 is 0 Å². The number of furan rings is 1. The molecule has 0 bridgehead atoms. The van der Waals surface area contributed by atoms with Crippen molar-refractivity contribution in [3.63, 3.8) is 0 Å². The summed E-state index contributed by atoms with van der Waals surface area (Å²) in [6, 6.07) is 4.48. The molecule has 0 unspecified atom stereocenters. The molecule has 0 saturated heterocycles. The highest BCUT2D eigenvalue weighted by Crippen LogP contribution is 2.10. The van der Waals surface area contributed by atoms with E-state index in [0.29, 0.717) is 18.6 Å². The smallest absolute Gasteiger partial charge is 0.129 e. The van der Waals surface area contributed by atoms with Crippen molar-refractivity contribution in [3.8, 4) is 0 Å². The van der Waals surface area contributed by atoms with Crippen molar-refractivity contribution in [2.45, 2.75) is 53.3 Å². The summed E-state index contributed by atoms with van der Waals surface area (Å²) < 4.78 is 11.2. The summed E-state index contributed by atoms with van der Waals surface area (Å²) in [4.78, 5) is 0. The maximum absolute atomic E-state index is 5.65. The maximum Gasteiger partial charge on any atom is 0.129 e. The molecule has 0 atom stereocenters. The van der Waals surface area contributed by atoms with Gasteiger partial charge in [0.1, 0.15) is 18.1 Å². The van der Waals surface area contributed by atoms with E-state index in [1.807, 2.05) is 12.1 Å². The molecule has 3 nitrogen and oxygen atoms in total. The normalized spacial score (nSPS) is 11.6. The molecule has 17 heavy (non-hydrogen) atoms. The lowest BCUT2D eigenvalue weighted by Crippen LogP contribution is -2.21. The van der Waals surface area contributed by atoms with Crippen LogP contribution in [0.1, 0.15) is 45.6 Å². The summed E-state index contributed by atoms with van der Waals surface area (Å²) in [5.41, 5.74) is 0. The second kappa shape index (κ2) is 7.51. The largest absolute Gasteiger partial charge is 0.462 e. The van der Waals surface area contributed by atoms with Gasteiger partial charge in [0.2, 0.25) is 0 Å². The molecule has 0 aromatic carbocycles. The van der Waals surface area contributed by atoms with Crippen LogP contribution >= 0.6 is 0 Å². The van der Waals surface area contributed by atoms with Crippen LogP contribution in [0.4, 0.5) is 0 Å². The Bertz CT molecular complexity index is 305. The molecule has 1 N–H and O–H groups in total. The van der Waals surface area contributed by atoms with Gasteiger partial charge in [-0.25, -0.2) is 0 Å². The minimum atomic E-state index is 0.478. The lowest BCUT2D eigenvalue weighted by molar-refractivity contribution is 0.0960. The molecule has 0 spiro atoms. The third-order valence-corrected chi connectivity index (χ3v) is 2.49. The fourth-order valence-corrected chi connectivity index (χ4v) is 1.39. The predicted molar refractivity (Wildman–Crippen MR) is 69.8 cm³/mol. The van der Waals surface area contributed by atoms with E-state index >= 15 is 0 Å². The number of hydrogen-bond acceptors (Lipinski definition) is 3. The van der Waals surface area contributed by atoms with Gasteiger partial charge in [0.25, 0.3) is 0 Å². The van der Waals surface area contributed by atoms with Gasteiger partial charge in [-0.15, -0.1) is 0 Å². The van der Waals surface area contributed by atoms with E-state index in [0.717, 1.165) is 31.1 Å². The van der Waals surface area contributed by atoms with E-state index in [1.54, 1.807) is 0 Å². The van der Waals surface area contributed by atoms with Crippen LogP contribution in [-0.2, 0) is 17.9 Å². The third kappa shape index (κ3) is 6.49. The second-order valence-corrected chi connectivity index (χ2v) is 5.14. The van der Waals surface area contributed by atoms with E-state index in [2.05, 4.69) is 33.0 Å². The van der Waals surface area contributed by atoms with Crippen LogP contribution in [0.2, 0.25) is 0 Å². The number of rotatable bonds is 8. The van der Waals surface area contributed by atoms with Crippen molar-refractivity contribution in [3.05, 3.63) is 23.7 Å². The quantitative estimate of drug-likeness (QED) is 0.706. The highest BCUT2D eigenvalue weighted by molar-refractivity contribution is 5.06. The van der Waals surface area contributed by atoms with Gasteiger partial charge in [0.05, 0.1) is 6.54 Å². The van der Waals surface area contributed by atoms with Crippen molar-refractivity contribution in [1.82, 2.24) is 5.32 Å². The first-order valence-corrected chi connectivity index (χ1v) is 6.46. The summed E-state index contributed by atoms with van der Waals surface area (Å²) in [5.74, 6) is 2.58. The van der Waals surface area contributed by atoms with E-state index in [9.17, 15) is 0 Å². The molecule has 0 amide bonds. The van der Waals surface area contributed by atoms with E-state index < -0.39 is 0 Å². The molecule has 0 aliphatic heterocycles. The molecule has 1 aromatic heterocycles. The number of nitrogens with one attached hydrogen (secondary N) is 1. The molecule has 0 aliphatic carbocycles. The molecule has 0 radical (unpaired) electrons. The Hall–Kier alpha value is -0.800. The summed E-state index contributed by atoms with van der Waals surface area (Å²) in [7, 11) is 0. The fraction of sp³-hybridized carbons (Fsp3) is 0.714. The first kappa shape index (κ1) is 14.3. The van der Waals surface area contributed by atoms with E-state index in [4.69, 9.17) is 9.15 Å². The Morgan fingerprint density at radius 2 is 1.88 bits per heavy atom. The van der Waals surface area contributed by atoms with Crippen molar-refractivity contribution >= 4 is 0 Å². The number of ether oxygens (including phenoxy) is 1. The van der Waals surface area contributed by atoms with Crippen molar-refractivity contribution < 1.29 is 9.15 Å². The van der Waals surface area contributed by atoms with Gasteiger partial charge in [-0.2, -0.15) is 0 Å². The monoisotopic (exact) mass is 239 g/mol. The van der Waals surface area contributed by atoms with Crippen LogP contribution in [0.25, 0.3) is 0 Å². The molecule has 1 aromatic rings. The van der Waals surface area contributed by atoms with Crippen molar-refractivity contribution in [1.29, 1.82) is 0 Å². The Morgan fingerprint density at radius 1 is 1.18 bits per heavy atom. The first-order valence-electron chi connectivity index (χ1n) is 6.46. The zero-order valence-corrected chi connectivity index (χ0v) is 11.5. The second-order valence-electron chi connectivity index (χ2n) is 5.14. The Balaban J connectivity index is 2.21. The third-order valence-electron chi connectivity index (χ3n) is 2.49. The Kier molecular flexibility index (Phi) is 6.30. The van der Waals surface area contributed by atoms with Gasteiger partial charge in [-0.3, -0.25) is 0 Å². The summed E-state index contributed by atoms with van der Waals surface area (Å²) in [6.45, 7) is 10.8. The van der Waals surface area contributed by atoms with Crippen molar-refractivity contribution in [2.24, 2.45) is 5.92 Å². The van der Waals surface area contributed by atoms with Crippen LogP contribution < -0.4 is 5.32 Å². The van der Waals surface area contributed by atoms with E-state index in [1.165, 1.54) is 0 Å². The van der Waals surface area contributed by atoms with E-state index in [-0.39, 0.29) is 0 Å². The van der Waals surface area contributed by atoms with Crippen LogP contribution in [0.5, 0.6) is 0 Å². The predicted octanol–water partition coefficient (Wildman–Crippen LogP) is 3.34. The zero-order valence-electron chi connectivity index (χ0n) is 11.5.